The summed E-state index contributed by atoms with van der Waals surface area (Å²) in [4.78, 5) is 38.9. The zero-order valence-electron chi connectivity index (χ0n) is 23.6. The van der Waals surface area contributed by atoms with E-state index in [1.807, 2.05) is 60.9 Å². The van der Waals surface area contributed by atoms with Gasteiger partial charge in [-0.1, -0.05) is 75.4 Å². The van der Waals surface area contributed by atoms with E-state index in [1.54, 1.807) is 32.5 Å². The summed E-state index contributed by atoms with van der Waals surface area (Å²) >= 11 is 1.57. The molecule has 2 N–H and O–H groups in total. The fourth-order valence-electron chi connectivity index (χ4n) is 3.62. The van der Waals surface area contributed by atoms with Gasteiger partial charge in [-0.2, -0.15) is 11.8 Å². The number of hydrogen-bond acceptors (Lipinski definition) is 6. The molecule has 0 aliphatic heterocycles. The number of alkyl carbamates (subject to hydrolysis) is 1. The van der Waals surface area contributed by atoms with Gasteiger partial charge in [-0.05, 0) is 61.3 Å². The highest BCUT2D eigenvalue weighted by Crippen LogP contribution is 2.22. The first-order valence-electron chi connectivity index (χ1n) is 12.9. The van der Waals surface area contributed by atoms with Crippen LogP contribution >= 0.6 is 11.8 Å². The van der Waals surface area contributed by atoms with Gasteiger partial charge < -0.3 is 20.1 Å². The van der Waals surface area contributed by atoms with Crippen molar-refractivity contribution in [2.45, 2.75) is 84.1 Å². The van der Waals surface area contributed by atoms with Gasteiger partial charge in [-0.25, -0.2) is 9.59 Å². The maximum Gasteiger partial charge on any atom is 0.408 e. The van der Waals surface area contributed by atoms with Gasteiger partial charge in [0, 0.05) is 6.42 Å². The van der Waals surface area contributed by atoms with E-state index in [9.17, 15) is 14.4 Å². The van der Waals surface area contributed by atoms with Crippen molar-refractivity contribution in [3.8, 4) is 0 Å². The van der Waals surface area contributed by atoms with Crippen molar-refractivity contribution in [3.05, 3.63) is 71.3 Å². The molecule has 0 bridgehead atoms. The Morgan fingerprint density at radius 1 is 0.842 bits per heavy atom. The maximum absolute atomic E-state index is 13.4. The summed E-state index contributed by atoms with van der Waals surface area (Å²) in [7, 11) is 0. The second kappa shape index (κ2) is 14.2. The number of ether oxygens (including phenoxy) is 2. The molecule has 8 heteroatoms. The van der Waals surface area contributed by atoms with E-state index in [2.05, 4.69) is 31.4 Å². The number of benzene rings is 2. The first kappa shape index (κ1) is 31.2. The minimum atomic E-state index is -0.941. The standard InChI is InChI=1S/C30H42N2O5S/c1-29(2,3)23-15-13-21(14-16-23)19-25(32-28(35)37-30(4,5)6)26(33)31-24(17-18-38-7)27(34)36-20-22-11-9-8-10-12-22/h8-16,24-25H,17-20H2,1-7H3,(H,31,33)(H,32,35)/t24-,25-/m0/s1. The van der Waals surface area contributed by atoms with Crippen molar-refractivity contribution in [1.29, 1.82) is 0 Å². The maximum atomic E-state index is 13.4. The van der Waals surface area contributed by atoms with E-state index < -0.39 is 35.7 Å². The first-order chi connectivity index (χ1) is 17.8. The van der Waals surface area contributed by atoms with Gasteiger partial charge in [0.05, 0.1) is 0 Å². The number of rotatable bonds is 11. The number of esters is 1. The van der Waals surface area contributed by atoms with Crippen molar-refractivity contribution in [2.24, 2.45) is 0 Å². The number of amides is 2. The molecule has 2 amide bonds. The highest BCUT2D eigenvalue weighted by Gasteiger charge is 2.29. The monoisotopic (exact) mass is 542 g/mol. The van der Waals surface area contributed by atoms with Crippen LogP contribution in [0.15, 0.2) is 54.6 Å². The summed E-state index contributed by atoms with van der Waals surface area (Å²) in [6.45, 7) is 11.8. The number of hydrogen-bond donors (Lipinski definition) is 2. The van der Waals surface area contributed by atoms with E-state index in [4.69, 9.17) is 9.47 Å². The lowest BCUT2D eigenvalue weighted by atomic mass is 9.86. The molecule has 2 aromatic rings. The molecule has 7 nitrogen and oxygen atoms in total. The molecule has 0 heterocycles. The van der Waals surface area contributed by atoms with Crippen LogP contribution in [-0.2, 0) is 37.5 Å². The Hall–Kier alpha value is -3.00. The molecule has 0 spiro atoms. The summed E-state index contributed by atoms with van der Waals surface area (Å²) in [5, 5.41) is 5.51. The second-order valence-electron chi connectivity index (χ2n) is 11.3. The molecular weight excluding hydrogens is 500 g/mol. The van der Waals surface area contributed by atoms with Gasteiger partial charge >= 0.3 is 12.1 Å². The van der Waals surface area contributed by atoms with Crippen LogP contribution < -0.4 is 10.6 Å². The highest BCUT2D eigenvalue weighted by atomic mass is 32.2. The molecule has 2 rings (SSSR count). The van der Waals surface area contributed by atoms with Gasteiger partial charge in [0.2, 0.25) is 5.91 Å². The molecule has 0 saturated heterocycles. The number of carbonyl (C=O) groups is 3. The Kier molecular flexibility index (Phi) is 11.7. The summed E-state index contributed by atoms with van der Waals surface area (Å²) < 4.78 is 10.9. The van der Waals surface area contributed by atoms with Crippen LogP contribution in [0.4, 0.5) is 4.79 Å². The fourth-order valence-corrected chi connectivity index (χ4v) is 4.09. The molecule has 2 atom stereocenters. The molecule has 38 heavy (non-hydrogen) atoms. The fraction of sp³-hybridized carbons (Fsp3) is 0.500. The number of carbonyl (C=O) groups excluding carboxylic acids is 3. The quantitative estimate of drug-likeness (QED) is 0.369. The van der Waals surface area contributed by atoms with Crippen LogP contribution in [0.1, 0.15) is 64.7 Å². The van der Waals surface area contributed by atoms with Crippen molar-refractivity contribution in [1.82, 2.24) is 10.6 Å². The van der Waals surface area contributed by atoms with E-state index in [0.717, 1.165) is 11.1 Å². The lowest BCUT2D eigenvalue weighted by Crippen LogP contribution is -2.53. The Bertz CT molecular complexity index is 1040. The van der Waals surface area contributed by atoms with Gasteiger partial charge in [0.15, 0.2) is 0 Å². The van der Waals surface area contributed by atoms with E-state index in [-0.39, 0.29) is 18.4 Å². The van der Waals surface area contributed by atoms with Gasteiger partial charge in [-0.15, -0.1) is 0 Å². The van der Waals surface area contributed by atoms with Crippen LogP contribution in [0, 0.1) is 0 Å². The summed E-state index contributed by atoms with van der Waals surface area (Å²) in [5.41, 5.74) is 2.18. The van der Waals surface area contributed by atoms with Crippen LogP contribution in [-0.4, -0.2) is 47.7 Å². The predicted octanol–water partition coefficient (Wildman–Crippen LogP) is 5.40. The Labute approximate surface area is 231 Å². The number of nitrogens with one attached hydrogen (secondary N) is 2. The van der Waals surface area contributed by atoms with E-state index in [1.165, 1.54) is 5.56 Å². The van der Waals surface area contributed by atoms with Crippen LogP contribution in [0.25, 0.3) is 0 Å². The molecule has 0 radical (unpaired) electrons. The lowest BCUT2D eigenvalue weighted by Gasteiger charge is -2.25. The third-order valence-corrected chi connectivity index (χ3v) is 6.35. The Balaban J connectivity index is 2.18. The molecule has 0 unspecified atom stereocenters. The molecule has 0 aromatic heterocycles. The van der Waals surface area contributed by atoms with Crippen molar-refractivity contribution < 1.29 is 23.9 Å². The highest BCUT2D eigenvalue weighted by molar-refractivity contribution is 7.98. The largest absolute Gasteiger partial charge is 0.459 e. The molecule has 2 aromatic carbocycles. The van der Waals surface area contributed by atoms with Crippen LogP contribution in [0.2, 0.25) is 0 Å². The lowest BCUT2D eigenvalue weighted by molar-refractivity contribution is -0.149. The summed E-state index contributed by atoms with van der Waals surface area (Å²) in [5.74, 6) is -0.329. The van der Waals surface area contributed by atoms with Crippen molar-refractivity contribution in [2.75, 3.05) is 12.0 Å². The third-order valence-electron chi connectivity index (χ3n) is 5.70. The van der Waals surface area contributed by atoms with Crippen molar-refractivity contribution in [3.63, 3.8) is 0 Å². The van der Waals surface area contributed by atoms with E-state index in [0.29, 0.717) is 12.2 Å². The Morgan fingerprint density at radius 2 is 1.47 bits per heavy atom. The smallest absolute Gasteiger partial charge is 0.408 e. The first-order valence-corrected chi connectivity index (χ1v) is 14.3. The molecule has 208 valence electrons. The molecule has 0 aliphatic carbocycles. The third kappa shape index (κ3) is 11.2. The van der Waals surface area contributed by atoms with Gasteiger partial charge in [0.25, 0.3) is 0 Å². The minimum Gasteiger partial charge on any atom is -0.459 e. The molecule has 0 aliphatic rings. The van der Waals surface area contributed by atoms with E-state index >= 15 is 0 Å². The predicted molar refractivity (Wildman–Crippen MR) is 153 cm³/mol. The SMILES string of the molecule is CSCC[C@H](NC(=O)[C@H](Cc1ccc(C(C)(C)C)cc1)NC(=O)OC(C)(C)C)C(=O)OCc1ccccc1. The minimum absolute atomic E-state index is 0.00526. The molecule has 0 saturated carbocycles. The van der Waals surface area contributed by atoms with Gasteiger partial charge in [0.1, 0.15) is 24.3 Å². The van der Waals surface area contributed by atoms with Crippen LogP contribution in [0.5, 0.6) is 0 Å². The average Bonchev–Trinajstić information content (AvgIpc) is 2.83. The van der Waals surface area contributed by atoms with Gasteiger partial charge in [-0.3, -0.25) is 4.79 Å². The summed E-state index contributed by atoms with van der Waals surface area (Å²) in [6.07, 6.45) is 1.88. The average molecular weight is 543 g/mol. The van der Waals surface area contributed by atoms with Crippen LogP contribution in [0.3, 0.4) is 0 Å². The summed E-state index contributed by atoms with van der Waals surface area (Å²) in [6, 6.07) is 15.6. The van der Waals surface area contributed by atoms with Crippen molar-refractivity contribution >= 4 is 29.7 Å². The molecule has 0 fully saturated rings. The topological polar surface area (TPSA) is 93.7 Å². The zero-order valence-corrected chi connectivity index (χ0v) is 24.4. The normalized spacial score (nSPS) is 13.2. The zero-order chi connectivity index (χ0) is 28.3. The Morgan fingerprint density at radius 3 is 2.03 bits per heavy atom. The number of thioether (sulfide) groups is 1. The molecular formula is C30H42N2O5S. The second-order valence-corrected chi connectivity index (χ2v) is 12.3.